The van der Waals surface area contributed by atoms with Gasteiger partial charge in [0.25, 0.3) is 0 Å². The number of hydrogen-bond donors (Lipinski definition) is 0. The van der Waals surface area contributed by atoms with Crippen LogP contribution < -0.4 is 0 Å². The first-order chi connectivity index (χ1) is 11.5. The SMILES string of the molecule is FC(F)C(F)(F)C(F)(F)C(F)(F)CC(COCC1CO1)OCC1CO1. The molecule has 0 bridgehead atoms. The van der Waals surface area contributed by atoms with Gasteiger partial charge in [0.05, 0.1) is 39.1 Å². The minimum atomic E-state index is -6.26. The van der Waals surface area contributed by atoms with Crippen molar-refractivity contribution in [2.75, 3.05) is 33.0 Å². The molecule has 2 aliphatic rings. The molecule has 0 aliphatic carbocycles. The summed E-state index contributed by atoms with van der Waals surface area (Å²) in [6.45, 7) is -0.204. The normalized spacial score (nSPS) is 25.3. The van der Waals surface area contributed by atoms with Gasteiger partial charge in [0, 0.05) is 6.42 Å². The Kier molecular flexibility index (Phi) is 6.17. The predicted molar refractivity (Wildman–Crippen MR) is 65.5 cm³/mol. The van der Waals surface area contributed by atoms with Gasteiger partial charge in [-0.05, 0) is 0 Å². The Morgan fingerprint density at radius 2 is 1.44 bits per heavy atom. The molecule has 0 amide bonds. The van der Waals surface area contributed by atoms with Crippen LogP contribution in [0.1, 0.15) is 6.42 Å². The molecule has 2 saturated heterocycles. The first-order valence-electron chi connectivity index (χ1n) is 7.31. The Bertz CT molecular complexity index is 440. The number of epoxide rings is 2. The van der Waals surface area contributed by atoms with Gasteiger partial charge in [0.1, 0.15) is 12.2 Å². The van der Waals surface area contributed by atoms with Gasteiger partial charge in [-0.2, -0.15) is 26.3 Å². The second-order valence-electron chi connectivity index (χ2n) is 5.81. The lowest BCUT2D eigenvalue weighted by atomic mass is 9.99. The molecule has 0 aromatic heterocycles. The van der Waals surface area contributed by atoms with E-state index in [0.717, 1.165) is 0 Å². The quantitative estimate of drug-likeness (QED) is 0.381. The Morgan fingerprint density at radius 1 is 0.920 bits per heavy atom. The Balaban J connectivity index is 1.98. The van der Waals surface area contributed by atoms with Crippen molar-refractivity contribution in [3.05, 3.63) is 0 Å². The van der Waals surface area contributed by atoms with Gasteiger partial charge >= 0.3 is 24.2 Å². The molecule has 0 saturated carbocycles. The highest BCUT2D eigenvalue weighted by molar-refractivity contribution is 4.99. The summed E-state index contributed by atoms with van der Waals surface area (Å²) in [5.74, 6) is -17.9. The van der Waals surface area contributed by atoms with Crippen molar-refractivity contribution < 1.29 is 54.1 Å². The van der Waals surface area contributed by atoms with Crippen LogP contribution in [0, 0.1) is 0 Å². The molecule has 3 atom stereocenters. The van der Waals surface area contributed by atoms with Crippen molar-refractivity contribution in [1.29, 1.82) is 0 Å². The molecule has 0 spiro atoms. The zero-order valence-corrected chi connectivity index (χ0v) is 12.7. The number of halogens is 8. The molecule has 0 aromatic carbocycles. The van der Waals surface area contributed by atoms with Crippen molar-refractivity contribution >= 4 is 0 Å². The highest BCUT2D eigenvalue weighted by atomic mass is 19.4. The van der Waals surface area contributed by atoms with Gasteiger partial charge in [-0.25, -0.2) is 8.78 Å². The first kappa shape index (κ1) is 20.6. The van der Waals surface area contributed by atoms with Crippen LogP contribution in [0.2, 0.25) is 0 Å². The van der Waals surface area contributed by atoms with E-state index in [0.29, 0.717) is 6.61 Å². The fourth-order valence-corrected chi connectivity index (χ4v) is 1.86. The average molecular weight is 388 g/mol. The maximum absolute atomic E-state index is 13.7. The lowest BCUT2D eigenvalue weighted by Gasteiger charge is -2.34. The van der Waals surface area contributed by atoms with Gasteiger partial charge < -0.3 is 18.9 Å². The molecule has 2 fully saturated rings. The number of alkyl halides is 8. The molecular formula is C13H16F8O4. The summed E-state index contributed by atoms with van der Waals surface area (Å²) in [7, 11) is 0. The largest absolute Gasteiger partial charge is 0.377 e. The van der Waals surface area contributed by atoms with E-state index in [2.05, 4.69) is 0 Å². The highest BCUT2D eigenvalue weighted by Gasteiger charge is 2.75. The molecule has 2 rings (SSSR count). The van der Waals surface area contributed by atoms with Crippen LogP contribution in [-0.4, -0.2) is 75.5 Å². The molecule has 0 radical (unpaired) electrons. The monoisotopic (exact) mass is 388 g/mol. The molecule has 25 heavy (non-hydrogen) atoms. The summed E-state index contributed by atoms with van der Waals surface area (Å²) < 4.78 is 123. The van der Waals surface area contributed by atoms with Crippen molar-refractivity contribution in [3.63, 3.8) is 0 Å². The summed E-state index contributed by atoms with van der Waals surface area (Å²) in [5.41, 5.74) is 0. The van der Waals surface area contributed by atoms with Gasteiger partial charge in [-0.15, -0.1) is 0 Å². The smallest absolute Gasteiger partial charge is 0.376 e. The van der Waals surface area contributed by atoms with Gasteiger partial charge in [-0.1, -0.05) is 0 Å². The molecule has 4 nitrogen and oxygen atoms in total. The molecule has 12 heteroatoms. The van der Waals surface area contributed by atoms with Crippen LogP contribution in [0.15, 0.2) is 0 Å². The standard InChI is InChI=1S/C13H16F8O4/c14-10(15)12(18,19)13(20,21)11(16,17)1-7(23-5-9-6-25-9)2-22-3-8-4-24-8/h7-10H,1-6H2. The Labute approximate surface area is 137 Å². The topological polar surface area (TPSA) is 43.5 Å². The zero-order valence-electron chi connectivity index (χ0n) is 12.7. The van der Waals surface area contributed by atoms with Crippen molar-refractivity contribution in [3.8, 4) is 0 Å². The maximum Gasteiger partial charge on any atom is 0.377 e. The van der Waals surface area contributed by atoms with E-state index in [9.17, 15) is 35.1 Å². The fraction of sp³-hybridized carbons (Fsp3) is 1.00. The summed E-state index contributed by atoms with van der Waals surface area (Å²) in [6, 6.07) is 0. The minimum Gasteiger partial charge on any atom is -0.376 e. The van der Waals surface area contributed by atoms with Crippen molar-refractivity contribution in [2.24, 2.45) is 0 Å². The summed E-state index contributed by atoms with van der Waals surface area (Å²) >= 11 is 0. The number of rotatable bonds is 12. The molecule has 3 unspecified atom stereocenters. The molecule has 0 aromatic rings. The minimum absolute atomic E-state index is 0.0189. The van der Waals surface area contributed by atoms with Crippen LogP contribution in [0.5, 0.6) is 0 Å². The summed E-state index contributed by atoms with van der Waals surface area (Å²) in [6.07, 6.45) is -9.24. The van der Waals surface area contributed by atoms with Crippen LogP contribution >= 0.6 is 0 Å². The second kappa shape index (κ2) is 7.49. The predicted octanol–water partition coefficient (Wildman–Crippen LogP) is 2.75. The number of ether oxygens (including phenoxy) is 4. The van der Waals surface area contributed by atoms with E-state index in [1.165, 1.54) is 0 Å². The molecule has 2 aliphatic heterocycles. The van der Waals surface area contributed by atoms with E-state index in [1.54, 1.807) is 0 Å². The van der Waals surface area contributed by atoms with E-state index < -0.39 is 49.4 Å². The van der Waals surface area contributed by atoms with Crippen LogP contribution in [0.4, 0.5) is 35.1 Å². The lowest BCUT2D eigenvalue weighted by Crippen LogP contribution is -2.58. The van der Waals surface area contributed by atoms with Gasteiger partial charge in [-0.3, -0.25) is 0 Å². The van der Waals surface area contributed by atoms with Gasteiger partial charge in [0.15, 0.2) is 0 Å². The zero-order chi connectivity index (χ0) is 18.9. The third-order valence-electron chi connectivity index (χ3n) is 3.57. The lowest BCUT2D eigenvalue weighted by molar-refractivity contribution is -0.343. The first-order valence-corrected chi connectivity index (χ1v) is 7.31. The van der Waals surface area contributed by atoms with Crippen LogP contribution in [0.3, 0.4) is 0 Å². The number of hydrogen-bond acceptors (Lipinski definition) is 4. The third kappa shape index (κ3) is 5.14. The van der Waals surface area contributed by atoms with E-state index in [1.807, 2.05) is 0 Å². The molecule has 0 N–H and O–H groups in total. The molecule has 2 heterocycles. The molecular weight excluding hydrogens is 372 g/mol. The molecule has 148 valence electrons. The average Bonchev–Trinajstić information content (AvgIpc) is 3.37. The van der Waals surface area contributed by atoms with Crippen molar-refractivity contribution in [2.45, 2.75) is 48.9 Å². The van der Waals surface area contributed by atoms with E-state index in [-0.39, 0.29) is 25.9 Å². The fourth-order valence-electron chi connectivity index (χ4n) is 1.86. The summed E-state index contributed by atoms with van der Waals surface area (Å²) in [5, 5.41) is 0. The van der Waals surface area contributed by atoms with E-state index in [4.69, 9.17) is 18.9 Å². The van der Waals surface area contributed by atoms with Crippen LogP contribution in [-0.2, 0) is 18.9 Å². The Morgan fingerprint density at radius 3 is 1.92 bits per heavy atom. The second-order valence-corrected chi connectivity index (χ2v) is 5.81. The maximum atomic E-state index is 13.7. The third-order valence-corrected chi connectivity index (χ3v) is 3.57. The van der Waals surface area contributed by atoms with E-state index >= 15 is 0 Å². The highest BCUT2D eigenvalue weighted by Crippen LogP contribution is 2.50. The summed E-state index contributed by atoms with van der Waals surface area (Å²) in [4.78, 5) is 0. The van der Waals surface area contributed by atoms with Gasteiger partial charge in [0.2, 0.25) is 0 Å². The van der Waals surface area contributed by atoms with Crippen molar-refractivity contribution in [1.82, 2.24) is 0 Å². The van der Waals surface area contributed by atoms with Crippen LogP contribution in [0.25, 0.3) is 0 Å². The Hall–Kier alpha value is -0.720.